The molecule has 1 aromatic heterocycles. The lowest BCUT2D eigenvalue weighted by Gasteiger charge is -2.22. The maximum absolute atomic E-state index is 12.1. The monoisotopic (exact) mass is 322 g/mol. The van der Waals surface area contributed by atoms with Crippen molar-refractivity contribution in [2.24, 2.45) is 5.92 Å². The minimum atomic E-state index is -3.43. The van der Waals surface area contributed by atoms with Crippen molar-refractivity contribution in [3.8, 4) is 0 Å². The van der Waals surface area contributed by atoms with Crippen molar-refractivity contribution in [1.82, 2.24) is 19.8 Å². The number of halogens is 1. The number of nitrogens with one attached hydrogen (secondary N) is 2. The van der Waals surface area contributed by atoms with E-state index in [0.717, 1.165) is 19.5 Å². The van der Waals surface area contributed by atoms with Crippen LogP contribution in [0, 0.1) is 5.92 Å². The summed E-state index contributed by atoms with van der Waals surface area (Å²) in [6, 6.07) is 1.54. The number of hydrogen-bond donors (Lipinski definition) is 2. The summed E-state index contributed by atoms with van der Waals surface area (Å²) in [6.07, 6.45) is 4.76. The van der Waals surface area contributed by atoms with Crippen LogP contribution in [0.4, 0.5) is 0 Å². The first-order valence-corrected chi connectivity index (χ1v) is 8.34. The molecule has 0 bridgehead atoms. The molecule has 0 saturated carbocycles. The zero-order chi connectivity index (χ0) is 13.7. The summed E-state index contributed by atoms with van der Waals surface area (Å²) >= 11 is 0. The summed E-state index contributed by atoms with van der Waals surface area (Å²) in [5.41, 5.74) is 0. The SMILES string of the molecule is CCn1nccc1S(=O)(=O)NCCC1CCCNC1.Cl. The Morgan fingerprint density at radius 1 is 1.55 bits per heavy atom. The minimum absolute atomic E-state index is 0. The highest BCUT2D eigenvalue weighted by Gasteiger charge is 2.19. The van der Waals surface area contributed by atoms with Crippen LogP contribution in [-0.2, 0) is 16.6 Å². The molecule has 116 valence electrons. The molecule has 1 saturated heterocycles. The third-order valence-corrected chi connectivity index (χ3v) is 4.98. The summed E-state index contributed by atoms with van der Waals surface area (Å²) in [7, 11) is -3.43. The molecule has 0 spiro atoms. The smallest absolute Gasteiger partial charge is 0.257 e. The maximum atomic E-state index is 12.1. The number of hydrogen-bond acceptors (Lipinski definition) is 4. The van der Waals surface area contributed by atoms with E-state index in [9.17, 15) is 8.42 Å². The fraction of sp³-hybridized carbons (Fsp3) is 0.750. The van der Waals surface area contributed by atoms with E-state index in [2.05, 4.69) is 15.1 Å². The molecule has 0 radical (unpaired) electrons. The molecule has 0 amide bonds. The predicted octanol–water partition coefficient (Wildman–Crippen LogP) is 0.993. The molecule has 8 heteroatoms. The van der Waals surface area contributed by atoms with E-state index < -0.39 is 10.0 Å². The van der Waals surface area contributed by atoms with Crippen LogP contribution in [0.5, 0.6) is 0 Å². The highest BCUT2D eigenvalue weighted by Crippen LogP contribution is 2.14. The second-order valence-corrected chi connectivity index (χ2v) is 6.60. The van der Waals surface area contributed by atoms with E-state index in [-0.39, 0.29) is 17.4 Å². The average molecular weight is 323 g/mol. The molecule has 2 heterocycles. The van der Waals surface area contributed by atoms with Crippen LogP contribution in [0.25, 0.3) is 0 Å². The van der Waals surface area contributed by atoms with Gasteiger partial charge in [-0.15, -0.1) is 12.4 Å². The van der Waals surface area contributed by atoms with Gasteiger partial charge in [-0.05, 0) is 51.3 Å². The normalized spacial score (nSPS) is 19.6. The van der Waals surface area contributed by atoms with Crippen LogP contribution in [0.1, 0.15) is 26.2 Å². The van der Waals surface area contributed by atoms with Gasteiger partial charge < -0.3 is 5.32 Å². The van der Waals surface area contributed by atoms with Crippen molar-refractivity contribution in [3.05, 3.63) is 12.3 Å². The van der Waals surface area contributed by atoms with Gasteiger partial charge in [-0.3, -0.25) is 4.68 Å². The van der Waals surface area contributed by atoms with Gasteiger partial charge in [0.15, 0.2) is 5.03 Å². The zero-order valence-electron chi connectivity index (χ0n) is 11.7. The van der Waals surface area contributed by atoms with Gasteiger partial charge in [0.1, 0.15) is 0 Å². The van der Waals surface area contributed by atoms with E-state index in [1.165, 1.54) is 29.8 Å². The van der Waals surface area contributed by atoms with Gasteiger partial charge in [0.05, 0.1) is 6.20 Å². The Bertz CT molecular complexity index is 497. The van der Waals surface area contributed by atoms with Crippen molar-refractivity contribution in [2.75, 3.05) is 19.6 Å². The van der Waals surface area contributed by atoms with E-state index in [1.807, 2.05) is 6.92 Å². The molecule has 1 aliphatic heterocycles. The highest BCUT2D eigenvalue weighted by atomic mass is 35.5. The minimum Gasteiger partial charge on any atom is -0.316 e. The largest absolute Gasteiger partial charge is 0.316 e. The molecule has 1 aromatic rings. The molecule has 20 heavy (non-hydrogen) atoms. The summed E-state index contributed by atoms with van der Waals surface area (Å²) in [5, 5.41) is 7.57. The topological polar surface area (TPSA) is 76.0 Å². The van der Waals surface area contributed by atoms with Gasteiger partial charge in [-0.1, -0.05) is 0 Å². The van der Waals surface area contributed by atoms with Gasteiger partial charge in [-0.2, -0.15) is 5.10 Å². The third kappa shape index (κ3) is 4.44. The van der Waals surface area contributed by atoms with Crippen LogP contribution in [0.15, 0.2) is 17.3 Å². The Balaban J connectivity index is 0.00000200. The van der Waals surface area contributed by atoms with Crippen molar-refractivity contribution < 1.29 is 8.42 Å². The molecule has 1 atom stereocenters. The van der Waals surface area contributed by atoms with Gasteiger partial charge in [0.25, 0.3) is 10.0 Å². The fourth-order valence-electron chi connectivity index (χ4n) is 2.43. The van der Waals surface area contributed by atoms with Gasteiger partial charge in [0, 0.05) is 13.1 Å². The first-order valence-electron chi connectivity index (χ1n) is 6.85. The van der Waals surface area contributed by atoms with Crippen LogP contribution in [-0.4, -0.2) is 37.8 Å². The second kappa shape index (κ2) is 7.97. The molecule has 1 unspecified atom stereocenters. The number of aromatic nitrogens is 2. The lowest BCUT2D eigenvalue weighted by atomic mass is 9.96. The average Bonchev–Trinajstić information content (AvgIpc) is 2.89. The Morgan fingerprint density at radius 2 is 2.35 bits per heavy atom. The number of aryl methyl sites for hydroxylation is 1. The summed E-state index contributed by atoms with van der Waals surface area (Å²) < 4.78 is 28.4. The Labute approximate surface area is 126 Å². The molecule has 1 fully saturated rings. The first-order chi connectivity index (χ1) is 9.13. The number of piperidine rings is 1. The Morgan fingerprint density at radius 3 is 3.00 bits per heavy atom. The summed E-state index contributed by atoms with van der Waals surface area (Å²) in [6.45, 7) is 4.99. The van der Waals surface area contributed by atoms with Gasteiger partial charge in [-0.25, -0.2) is 13.1 Å². The number of rotatable bonds is 6. The molecular formula is C12H23ClN4O2S. The van der Waals surface area contributed by atoms with Crippen molar-refractivity contribution >= 4 is 22.4 Å². The van der Waals surface area contributed by atoms with E-state index in [0.29, 0.717) is 19.0 Å². The molecule has 1 aliphatic rings. The zero-order valence-corrected chi connectivity index (χ0v) is 13.3. The van der Waals surface area contributed by atoms with Gasteiger partial charge >= 0.3 is 0 Å². The molecule has 6 nitrogen and oxygen atoms in total. The summed E-state index contributed by atoms with van der Waals surface area (Å²) in [4.78, 5) is 0. The molecule has 0 aliphatic carbocycles. The number of sulfonamides is 1. The van der Waals surface area contributed by atoms with Gasteiger partial charge in [0.2, 0.25) is 0 Å². The third-order valence-electron chi connectivity index (χ3n) is 3.50. The molecule has 2 N–H and O–H groups in total. The lowest BCUT2D eigenvalue weighted by molar-refractivity contribution is 0.358. The molecule has 2 rings (SSSR count). The predicted molar refractivity (Wildman–Crippen MR) is 80.5 cm³/mol. The van der Waals surface area contributed by atoms with Crippen LogP contribution >= 0.6 is 12.4 Å². The first kappa shape index (κ1) is 17.4. The maximum Gasteiger partial charge on any atom is 0.257 e. The standard InChI is InChI=1S/C12H22N4O2S.ClH/c1-2-16-12(6-8-14-16)19(17,18)15-9-5-11-4-3-7-13-10-11;/h6,8,11,13,15H,2-5,7,9-10H2,1H3;1H. The number of nitrogens with zero attached hydrogens (tertiary/aromatic N) is 2. The van der Waals surface area contributed by atoms with E-state index >= 15 is 0 Å². The molecule has 0 aromatic carbocycles. The Kier molecular flexibility index (Phi) is 6.94. The van der Waals surface area contributed by atoms with E-state index in [1.54, 1.807) is 0 Å². The Hall–Kier alpha value is -0.630. The second-order valence-electron chi connectivity index (χ2n) is 4.88. The fourth-order valence-corrected chi connectivity index (χ4v) is 3.66. The van der Waals surface area contributed by atoms with Crippen LogP contribution < -0.4 is 10.0 Å². The van der Waals surface area contributed by atoms with E-state index in [4.69, 9.17) is 0 Å². The summed E-state index contributed by atoms with van der Waals surface area (Å²) in [5.74, 6) is 0.576. The lowest BCUT2D eigenvalue weighted by Crippen LogP contribution is -2.33. The van der Waals surface area contributed by atoms with Crippen molar-refractivity contribution in [3.63, 3.8) is 0 Å². The van der Waals surface area contributed by atoms with Crippen molar-refractivity contribution in [1.29, 1.82) is 0 Å². The van der Waals surface area contributed by atoms with Crippen LogP contribution in [0.2, 0.25) is 0 Å². The highest BCUT2D eigenvalue weighted by molar-refractivity contribution is 7.89. The van der Waals surface area contributed by atoms with Crippen LogP contribution in [0.3, 0.4) is 0 Å². The van der Waals surface area contributed by atoms with Crippen molar-refractivity contribution in [2.45, 2.75) is 37.8 Å². The molecular weight excluding hydrogens is 300 g/mol. The quantitative estimate of drug-likeness (QED) is 0.819.